The van der Waals surface area contributed by atoms with E-state index >= 15 is 0 Å². The molecule has 0 saturated carbocycles. The summed E-state index contributed by atoms with van der Waals surface area (Å²) in [7, 11) is 0. The van der Waals surface area contributed by atoms with E-state index in [0.29, 0.717) is 0 Å². The Balaban J connectivity index is 0. The first-order valence-corrected chi connectivity index (χ1v) is 0. The Morgan fingerprint density at radius 3 is 0.800 bits per heavy atom. The summed E-state index contributed by atoms with van der Waals surface area (Å²) in [5.41, 5.74) is 0. The average molecular weight is 83.1 g/mol. The van der Waals surface area contributed by atoms with Crippen LogP contribution in [-0.2, 0) is 0 Å². The van der Waals surface area contributed by atoms with Crippen molar-refractivity contribution in [2.24, 2.45) is 0 Å². The third-order valence-corrected chi connectivity index (χ3v) is 0. The Hall–Kier alpha value is 1.13. The summed E-state index contributed by atoms with van der Waals surface area (Å²) in [6.07, 6.45) is 0. The molecule has 0 nitrogen and oxygen atoms in total. The SMILES string of the molecule is C.C.C.[Al].[H-].[Li+]. The summed E-state index contributed by atoms with van der Waals surface area (Å²) in [5, 5.41) is 0. The second-order valence-electron chi connectivity index (χ2n) is 0. The molecule has 0 aromatic carbocycles. The molecule has 0 unspecified atom stereocenters. The predicted octanol–water partition coefficient (Wildman–Crippen LogP) is -1.36. The van der Waals surface area contributed by atoms with Crippen molar-refractivity contribution < 1.29 is 20.3 Å². The van der Waals surface area contributed by atoms with Crippen molar-refractivity contribution in [3.05, 3.63) is 0 Å². The van der Waals surface area contributed by atoms with E-state index in [1.807, 2.05) is 0 Å². The summed E-state index contributed by atoms with van der Waals surface area (Å²) in [4.78, 5) is 0. The zero-order valence-electron chi connectivity index (χ0n) is 2.58. The van der Waals surface area contributed by atoms with E-state index in [1.54, 1.807) is 0 Å². The summed E-state index contributed by atoms with van der Waals surface area (Å²) in [6.45, 7) is 0. The zero-order chi connectivity index (χ0) is 0. The Kier molecular flexibility index (Phi) is 1730. The second-order valence-corrected chi connectivity index (χ2v) is 0. The van der Waals surface area contributed by atoms with Crippen LogP contribution in [0.25, 0.3) is 0 Å². The molecule has 0 atom stereocenters. The molecule has 0 saturated heterocycles. The Morgan fingerprint density at radius 2 is 0.800 bits per heavy atom. The minimum absolute atomic E-state index is 0. The number of hydrogen-bond acceptors (Lipinski definition) is 0. The van der Waals surface area contributed by atoms with E-state index in [2.05, 4.69) is 0 Å². The van der Waals surface area contributed by atoms with Crippen molar-refractivity contribution >= 4 is 17.4 Å². The van der Waals surface area contributed by atoms with Crippen LogP contribution >= 0.6 is 0 Å². The largest absolute Gasteiger partial charge is 1.00 e. The maximum atomic E-state index is 0. The van der Waals surface area contributed by atoms with Gasteiger partial charge in [0, 0.05) is 17.4 Å². The molecule has 0 bridgehead atoms. The molecular formula is C3H13AlLi. The molecule has 0 heterocycles. The molecular weight excluding hydrogens is 70.0 g/mol. The van der Waals surface area contributed by atoms with Crippen LogP contribution < -0.4 is 18.9 Å². The fourth-order valence-electron chi connectivity index (χ4n) is 0. The van der Waals surface area contributed by atoms with Gasteiger partial charge in [-0.15, -0.1) is 0 Å². The fourth-order valence-corrected chi connectivity index (χ4v) is 0. The van der Waals surface area contributed by atoms with E-state index < -0.39 is 0 Å². The molecule has 0 aliphatic heterocycles. The Labute approximate surface area is 60.1 Å². The zero-order valence-corrected chi connectivity index (χ0v) is 2.73. The summed E-state index contributed by atoms with van der Waals surface area (Å²) in [5.74, 6) is 0. The van der Waals surface area contributed by atoms with Crippen LogP contribution in [0.5, 0.6) is 0 Å². The third kappa shape index (κ3) is 39.4. The number of rotatable bonds is 0. The van der Waals surface area contributed by atoms with Crippen LogP contribution in [0.2, 0.25) is 0 Å². The third-order valence-electron chi connectivity index (χ3n) is 0. The first-order chi connectivity index (χ1) is 0. The summed E-state index contributed by atoms with van der Waals surface area (Å²) >= 11 is 0. The first-order valence-electron chi connectivity index (χ1n) is 0. The standard InChI is InChI=1S/3CH4.Al.Li.H/h3*1H4;;;/q;;;;+1;-1. The van der Waals surface area contributed by atoms with Crippen LogP contribution in [-0.4, -0.2) is 17.4 Å². The van der Waals surface area contributed by atoms with Gasteiger partial charge in [0.05, 0.1) is 0 Å². The van der Waals surface area contributed by atoms with Crippen molar-refractivity contribution in [2.75, 3.05) is 0 Å². The van der Waals surface area contributed by atoms with Gasteiger partial charge in [0.15, 0.2) is 0 Å². The van der Waals surface area contributed by atoms with E-state index in [-0.39, 0.29) is 59.9 Å². The van der Waals surface area contributed by atoms with Crippen LogP contribution in [0.1, 0.15) is 23.7 Å². The molecule has 29 valence electrons. The molecule has 5 heavy (non-hydrogen) atoms. The van der Waals surface area contributed by atoms with Crippen molar-refractivity contribution in [1.82, 2.24) is 0 Å². The van der Waals surface area contributed by atoms with Gasteiger partial charge >= 0.3 is 18.9 Å². The van der Waals surface area contributed by atoms with Gasteiger partial charge in [0.1, 0.15) is 0 Å². The molecule has 0 aromatic rings. The molecule has 0 rings (SSSR count). The Bertz CT molecular complexity index is 10.8. The quantitative estimate of drug-likeness (QED) is 0.317. The van der Waals surface area contributed by atoms with Gasteiger partial charge in [-0.2, -0.15) is 0 Å². The topological polar surface area (TPSA) is 0 Å². The summed E-state index contributed by atoms with van der Waals surface area (Å²) < 4.78 is 0. The average Bonchev–Trinajstić information content (AvgIpc) is 0. The second kappa shape index (κ2) is 68.5. The Morgan fingerprint density at radius 1 is 0.800 bits per heavy atom. The molecule has 0 N–H and O–H groups in total. The van der Waals surface area contributed by atoms with Crippen LogP contribution in [0, 0.1) is 0 Å². The number of hydrogen-bond donors (Lipinski definition) is 0. The van der Waals surface area contributed by atoms with Crippen LogP contribution in [0.4, 0.5) is 0 Å². The van der Waals surface area contributed by atoms with Crippen molar-refractivity contribution in [1.29, 1.82) is 0 Å². The van der Waals surface area contributed by atoms with Gasteiger partial charge in [-0.1, -0.05) is 22.3 Å². The molecule has 2 heteroatoms. The molecule has 0 spiro atoms. The van der Waals surface area contributed by atoms with E-state index in [1.165, 1.54) is 0 Å². The molecule has 3 radical (unpaired) electrons. The first kappa shape index (κ1) is 126. The molecule has 0 amide bonds. The van der Waals surface area contributed by atoms with Crippen molar-refractivity contribution in [3.63, 3.8) is 0 Å². The minimum atomic E-state index is 0. The van der Waals surface area contributed by atoms with E-state index in [4.69, 9.17) is 0 Å². The molecule has 0 aliphatic rings. The van der Waals surface area contributed by atoms with Crippen LogP contribution in [0.15, 0.2) is 0 Å². The van der Waals surface area contributed by atoms with Gasteiger partial charge in [-0.3, -0.25) is 0 Å². The van der Waals surface area contributed by atoms with Crippen molar-refractivity contribution in [2.45, 2.75) is 22.3 Å². The fraction of sp³-hybridized carbons (Fsp3) is 1.00. The van der Waals surface area contributed by atoms with Gasteiger partial charge in [0.2, 0.25) is 0 Å². The van der Waals surface area contributed by atoms with Crippen LogP contribution in [0.3, 0.4) is 0 Å². The van der Waals surface area contributed by atoms with E-state index in [0.717, 1.165) is 0 Å². The normalized spacial score (nSPS) is 0. The summed E-state index contributed by atoms with van der Waals surface area (Å²) in [6, 6.07) is 0. The maximum Gasteiger partial charge on any atom is 1.00 e. The monoisotopic (exact) mass is 83.1 g/mol. The van der Waals surface area contributed by atoms with Crippen molar-refractivity contribution in [3.8, 4) is 0 Å². The van der Waals surface area contributed by atoms with Gasteiger partial charge in [0.25, 0.3) is 0 Å². The smallest absolute Gasteiger partial charge is 1.00 e. The maximum absolute atomic E-state index is 0. The molecule has 0 aromatic heterocycles. The van der Waals surface area contributed by atoms with Gasteiger partial charge in [-0.25, -0.2) is 0 Å². The molecule has 0 fully saturated rings. The van der Waals surface area contributed by atoms with E-state index in [9.17, 15) is 0 Å². The molecule has 0 aliphatic carbocycles. The van der Waals surface area contributed by atoms with Gasteiger partial charge < -0.3 is 1.43 Å². The van der Waals surface area contributed by atoms with Gasteiger partial charge in [-0.05, 0) is 0 Å². The predicted molar refractivity (Wildman–Crippen MR) is 27.1 cm³/mol. The minimum Gasteiger partial charge on any atom is -1.00 e.